The number of benzene rings is 2. The molecule has 0 saturated carbocycles. The van der Waals surface area contributed by atoms with Gasteiger partial charge in [-0.05, 0) is 37.3 Å². The van der Waals surface area contributed by atoms with Crippen LogP contribution in [0, 0.1) is 5.82 Å². The van der Waals surface area contributed by atoms with Gasteiger partial charge in [-0.3, -0.25) is 4.79 Å². The lowest BCUT2D eigenvalue weighted by Crippen LogP contribution is -1.96. The number of halogens is 1. The van der Waals surface area contributed by atoms with Crippen molar-refractivity contribution in [2.24, 2.45) is 0 Å². The molecule has 0 atom stereocenters. The summed E-state index contributed by atoms with van der Waals surface area (Å²) in [7, 11) is 1.51. The fourth-order valence-corrected chi connectivity index (χ4v) is 1.62. The molecule has 3 nitrogen and oxygen atoms in total. The number of carbonyl (C=O) groups is 1. The smallest absolute Gasteiger partial charge is 0.169 e. The van der Waals surface area contributed by atoms with Gasteiger partial charge in [-0.25, -0.2) is 4.39 Å². The van der Waals surface area contributed by atoms with Gasteiger partial charge >= 0.3 is 0 Å². The molecule has 19 heavy (non-hydrogen) atoms. The standard InChI is InChI=1S/C15H13FO3/c1-10(17)11-7-8-13(12(16)9-11)19-15-6-4-3-5-14(15)18-2/h3-9H,1-2H3. The highest BCUT2D eigenvalue weighted by atomic mass is 19.1. The van der Waals surface area contributed by atoms with Crippen LogP contribution >= 0.6 is 0 Å². The third kappa shape index (κ3) is 2.91. The topological polar surface area (TPSA) is 35.5 Å². The summed E-state index contributed by atoms with van der Waals surface area (Å²) in [6.45, 7) is 1.38. The van der Waals surface area contributed by atoms with Gasteiger partial charge in [0.2, 0.25) is 0 Å². The molecule has 0 amide bonds. The van der Waals surface area contributed by atoms with Crippen LogP contribution in [0.2, 0.25) is 0 Å². The first-order chi connectivity index (χ1) is 9.11. The highest BCUT2D eigenvalue weighted by Crippen LogP contribution is 2.32. The summed E-state index contributed by atoms with van der Waals surface area (Å²) in [5.74, 6) is 0.202. The Morgan fingerprint density at radius 1 is 1.05 bits per heavy atom. The summed E-state index contributed by atoms with van der Waals surface area (Å²) in [6, 6.07) is 11.1. The van der Waals surface area contributed by atoms with Gasteiger partial charge in [0.05, 0.1) is 7.11 Å². The van der Waals surface area contributed by atoms with Crippen LogP contribution in [0.3, 0.4) is 0 Å². The Bertz CT molecular complexity index is 608. The number of hydrogen-bond acceptors (Lipinski definition) is 3. The van der Waals surface area contributed by atoms with Gasteiger partial charge < -0.3 is 9.47 Å². The Hall–Kier alpha value is -2.36. The van der Waals surface area contributed by atoms with E-state index >= 15 is 0 Å². The molecule has 2 aromatic rings. The lowest BCUT2D eigenvalue weighted by molar-refractivity contribution is 0.101. The number of Topliss-reactive ketones (excluding diaryl/α,β-unsaturated/α-hetero) is 1. The maximum atomic E-state index is 13.8. The molecule has 0 aromatic heterocycles. The fourth-order valence-electron chi connectivity index (χ4n) is 1.62. The number of carbonyl (C=O) groups excluding carboxylic acids is 1. The molecule has 0 aliphatic heterocycles. The molecule has 0 fully saturated rings. The number of ether oxygens (including phenoxy) is 2. The van der Waals surface area contributed by atoms with Crippen LogP contribution in [-0.2, 0) is 0 Å². The lowest BCUT2D eigenvalue weighted by atomic mass is 10.1. The Balaban J connectivity index is 2.31. The van der Waals surface area contributed by atoms with Crippen LogP contribution in [0.1, 0.15) is 17.3 Å². The predicted molar refractivity (Wildman–Crippen MR) is 69.5 cm³/mol. The van der Waals surface area contributed by atoms with Crippen molar-refractivity contribution in [2.45, 2.75) is 6.92 Å². The molecule has 0 bridgehead atoms. The van der Waals surface area contributed by atoms with Crippen molar-refractivity contribution in [1.29, 1.82) is 0 Å². The zero-order chi connectivity index (χ0) is 13.8. The lowest BCUT2D eigenvalue weighted by Gasteiger charge is -2.10. The minimum atomic E-state index is -0.585. The number of rotatable bonds is 4. The van der Waals surface area contributed by atoms with E-state index in [1.54, 1.807) is 24.3 Å². The van der Waals surface area contributed by atoms with Crippen molar-refractivity contribution < 1.29 is 18.7 Å². The van der Waals surface area contributed by atoms with Gasteiger partial charge in [-0.1, -0.05) is 12.1 Å². The predicted octanol–water partition coefficient (Wildman–Crippen LogP) is 3.83. The fraction of sp³-hybridized carbons (Fsp3) is 0.133. The first kappa shape index (κ1) is 13.1. The maximum Gasteiger partial charge on any atom is 0.169 e. The molecule has 2 rings (SSSR count). The monoisotopic (exact) mass is 260 g/mol. The van der Waals surface area contributed by atoms with E-state index in [1.165, 1.54) is 26.2 Å². The molecule has 2 aromatic carbocycles. The average Bonchev–Trinajstić information content (AvgIpc) is 2.41. The summed E-state index contributed by atoms with van der Waals surface area (Å²) in [6.07, 6.45) is 0. The van der Waals surface area contributed by atoms with Gasteiger partial charge in [-0.2, -0.15) is 0 Å². The molecule has 0 aliphatic rings. The molecule has 0 N–H and O–H groups in total. The van der Waals surface area contributed by atoms with Crippen molar-refractivity contribution in [1.82, 2.24) is 0 Å². The zero-order valence-corrected chi connectivity index (χ0v) is 10.6. The second-order valence-corrected chi connectivity index (χ2v) is 3.95. The van der Waals surface area contributed by atoms with E-state index in [2.05, 4.69) is 0 Å². The van der Waals surface area contributed by atoms with Crippen LogP contribution < -0.4 is 9.47 Å². The van der Waals surface area contributed by atoms with Crippen LogP contribution in [-0.4, -0.2) is 12.9 Å². The summed E-state index contributed by atoms with van der Waals surface area (Å²) < 4.78 is 24.4. The van der Waals surface area contributed by atoms with Crippen molar-refractivity contribution in [2.75, 3.05) is 7.11 Å². The van der Waals surface area contributed by atoms with Crippen LogP contribution in [0.5, 0.6) is 17.2 Å². The summed E-state index contributed by atoms with van der Waals surface area (Å²) >= 11 is 0. The average molecular weight is 260 g/mol. The minimum absolute atomic E-state index is 0.0505. The number of ketones is 1. The highest BCUT2D eigenvalue weighted by Gasteiger charge is 2.10. The Morgan fingerprint density at radius 3 is 2.32 bits per heavy atom. The number of para-hydroxylation sites is 2. The third-order valence-corrected chi connectivity index (χ3v) is 2.63. The Morgan fingerprint density at radius 2 is 1.74 bits per heavy atom. The Kier molecular flexibility index (Phi) is 3.80. The molecule has 0 saturated heterocycles. The normalized spacial score (nSPS) is 10.1. The zero-order valence-electron chi connectivity index (χ0n) is 10.6. The van der Waals surface area contributed by atoms with E-state index in [9.17, 15) is 9.18 Å². The molecule has 0 aliphatic carbocycles. The molecule has 0 unspecified atom stereocenters. The van der Waals surface area contributed by atoms with Crippen LogP contribution in [0.15, 0.2) is 42.5 Å². The van der Waals surface area contributed by atoms with E-state index in [1.807, 2.05) is 0 Å². The summed E-state index contributed by atoms with van der Waals surface area (Å²) in [4.78, 5) is 11.1. The molecular formula is C15H13FO3. The molecule has 98 valence electrons. The van der Waals surface area contributed by atoms with Gasteiger partial charge in [0.15, 0.2) is 28.8 Å². The van der Waals surface area contributed by atoms with Gasteiger partial charge in [-0.15, -0.1) is 0 Å². The van der Waals surface area contributed by atoms with Crippen molar-refractivity contribution >= 4 is 5.78 Å². The van der Waals surface area contributed by atoms with Crippen molar-refractivity contribution in [3.05, 3.63) is 53.8 Å². The number of methoxy groups -OCH3 is 1. The van der Waals surface area contributed by atoms with Gasteiger partial charge in [0.1, 0.15) is 0 Å². The number of hydrogen-bond donors (Lipinski definition) is 0. The molecule has 0 heterocycles. The quantitative estimate of drug-likeness (QED) is 0.784. The minimum Gasteiger partial charge on any atom is -0.493 e. The van der Waals surface area contributed by atoms with Crippen LogP contribution in [0.25, 0.3) is 0 Å². The second kappa shape index (κ2) is 5.52. The van der Waals surface area contributed by atoms with Crippen molar-refractivity contribution in [3.8, 4) is 17.2 Å². The van der Waals surface area contributed by atoms with E-state index in [-0.39, 0.29) is 11.5 Å². The van der Waals surface area contributed by atoms with E-state index in [4.69, 9.17) is 9.47 Å². The molecule has 0 spiro atoms. The van der Waals surface area contributed by atoms with E-state index in [0.717, 1.165) is 6.07 Å². The van der Waals surface area contributed by atoms with E-state index in [0.29, 0.717) is 17.1 Å². The highest BCUT2D eigenvalue weighted by molar-refractivity contribution is 5.94. The third-order valence-electron chi connectivity index (χ3n) is 2.63. The van der Waals surface area contributed by atoms with E-state index < -0.39 is 5.82 Å². The molecule has 4 heteroatoms. The van der Waals surface area contributed by atoms with Gasteiger partial charge in [0.25, 0.3) is 0 Å². The molecule has 0 radical (unpaired) electrons. The molecular weight excluding hydrogens is 247 g/mol. The largest absolute Gasteiger partial charge is 0.493 e. The van der Waals surface area contributed by atoms with Gasteiger partial charge in [0, 0.05) is 5.56 Å². The first-order valence-corrected chi connectivity index (χ1v) is 5.73. The van der Waals surface area contributed by atoms with Crippen LogP contribution in [0.4, 0.5) is 4.39 Å². The summed E-state index contributed by atoms with van der Waals surface area (Å²) in [5.41, 5.74) is 0.310. The maximum absolute atomic E-state index is 13.8. The summed E-state index contributed by atoms with van der Waals surface area (Å²) in [5, 5.41) is 0. The SMILES string of the molecule is COc1ccccc1Oc1ccc(C(C)=O)cc1F. The second-order valence-electron chi connectivity index (χ2n) is 3.95. The van der Waals surface area contributed by atoms with Crippen molar-refractivity contribution in [3.63, 3.8) is 0 Å². The first-order valence-electron chi connectivity index (χ1n) is 5.73. The Labute approximate surface area is 110 Å².